The van der Waals surface area contributed by atoms with Crippen LogP contribution in [0.3, 0.4) is 0 Å². The first-order valence-electron chi connectivity index (χ1n) is 6.09. The van der Waals surface area contributed by atoms with Crippen molar-refractivity contribution < 1.29 is 4.79 Å². The van der Waals surface area contributed by atoms with E-state index in [1.165, 1.54) is 25.7 Å². The van der Waals surface area contributed by atoms with Gasteiger partial charge in [0.1, 0.15) is 0 Å². The van der Waals surface area contributed by atoms with Crippen LogP contribution in [0, 0.1) is 0 Å². The lowest BCUT2D eigenvalue weighted by molar-refractivity contribution is -0.115. The maximum Gasteiger partial charge on any atom is 0.162 e. The zero-order valence-electron chi connectivity index (χ0n) is 9.58. The van der Waals surface area contributed by atoms with Crippen molar-refractivity contribution in [2.45, 2.75) is 44.9 Å². The summed E-state index contributed by atoms with van der Waals surface area (Å²) in [6, 6.07) is 2.05. The average molecular weight is 234 g/mol. The van der Waals surface area contributed by atoms with Crippen LogP contribution in [0.15, 0.2) is 28.5 Å². The molecule has 1 aliphatic rings. The SMILES string of the molecule is O=C(Cc1ccsc1)/C1=C/CCCCCC1. The number of carbonyl (C=O) groups is 1. The molecule has 0 spiro atoms. The highest BCUT2D eigenvalue weighted by molar-refractivity contribution is 7.08. The molecule has 2 heteroatoms. The molecule has 0 unspecified atom stereocenters. The standard InChI is InChI=1S/C14H18OS/c15-14(10-12-8-9-16-11-12)13-6-4-2-1-3-5-7-13/h6,8-9,11H,1-5,7,10H2/b13-6+. The van der Waals surface area contributed by atoms with Gasteiger partial charge < -0.3 is 0 Å². The van der Waals surface area contributed by atoms with E-state index in [-0.39, 0.29) is 0 Å². The summed E-state index contributed by atoms with van der Waals surface area (Å²) in [6.45, 7) is 0. The fourth-order valence-corrected chi connectivity index (χ4v) is 2.81. The second kappa shape index (κ2) is 6.00. The van der Waals surface area contributed by atoms with Crippen LogP contribution in [0.5, 0.6) is 0 Å². The molecule has 0 N–H and O–H groups in total. The molecule has 1 aromatic rings. The minimum atomic E-state index is 0.334. The summed E-state index contributed by atoms with van der Waals surface area (Å²) in [4.78, 5) is 12.1. The first-order valence-corrected chi connectivity index (χ1v) is 7.04. The first-order chi connectivity index (χ1) is 7.86. The van der Waals surface area contributed by atoms with Crippen LogP contribution in [0.4, 0.5) is 0 Å². The second-order valence-corrected chi connectivity index (χ2v) is 5.19. The highest BCUT2D eigenvalue weighted by atomic mass is 32.1. The number of hydrogen-bond donors (Lipinski definition) is 0. The molecule has 0 bridgehead atoms. The predicted molar refractivity (Wildman–Crippen MR) is 68.8 cm³/mol. The fraction of sp³-hybridized carbons (Fsp3) is 0.500. The fourth-order valence-electron chi connectivity index (χ4n) is 2.14. The molecular weight excluding hydrogens is 216 g/mol. The Morgan fingerprint density at radius 1 is 1.25 bits per heavy atom. The largest absolute Gasteiger partial charge is 0.294 e. The van der Waals surface area contributed by atoms with Crippen molar-refractivity contribution in [1.29, 1.82) is 0 Å². The minimum absolute atomic E-state index is 0.334. The minimum Gasteiger partial charge on any atom is -0.294 e. The monoisotopic (exact) mass is 234 g/mol. The van der Waals surface area contributed by atoms with Gasteiger partial charge in [-0.3, -0.25) is 4.79 Å². The third-order valence-corrected chi connectivity index (χ3v) is 3.83. The van der Waals surface area contributed by atoms with E-state index in [1.54, 1.807) is 11.3 Å². The Balaban J connectivity index is 1.97. The number of allylic oxidation sites excluding steroid dienone is 2. The van der Waals surface area contributed by atoms with E-state index in [2.05, 4.69) is 11.5 Å². The van der Waals surface area contributed by atoms with Crippen molar-refractivity contribution in [3.63, 3.8) is 0 Å². The van der Waals surface area contributed by atoms with Gasteiger partial charge in [-0.05, 0) is 53.6 Å². The number of ketones is 1. The Bertz CT molecular complexity index is 362. The molecule has 0 aromatic carbocycles. The van der Waals surface area contributed by atoms with Gasteiger partial charge >= 0.3 is 0 Å². The molecular formula is C14H18OS. The highest BCUT2D eigenvalue weighted by Gasteiger charge is 2.11. The van der Waals surface area contributed by atoms with Crippen molar-refractivity contribution in [1.82, 2.24) is 0 Å². The van der Waals surface area contributed by atoms with Crippen molar-refractivity contribution in [3.05, 3.63) is 34.0 Å². The van der Waals surface area contributed by atoms with Gasteiger partial charge in [0, 0.05) is 6.42 Å². The number of thiophene rings is 1. The molecule has 0 atom stereocenters. The molecule has 1 nitrogen and oxygen atoms in total. The molecule has 16 heavy (non-hydrogen) atoms. The van der Waals surface area contributed by atoms with Crippen LogP contribution in [0.1, 0.15) is 44.1 Å². The molecule has 0 amide bonds. The van der Waals surface area contributed by atoms with E-state index in [0.29, 0.717) is 12.2 Å². The number of rotatable bonds is 3. The van der Waals surface area contributed by atoms with Gasteiger partial charge in [0.2, 0.25) is 0 Å². The van der Waals surface area contributed by atoms with E-state index in [9.17, 15) is 4.79 Å². The van der Waals surface area contributed by atoms with Crippen LogP contribution in [0.2, 0.25) is 0 Å². The van der Waals surface area contributed by atoms with Crippen molar-refractivity contribution in [2.24, 2.45) is 0 Å². The van der Waals surface area contributed by atoms with Gasteiger partial charge in [0.05, 0.1) is 0 Å². The molecule has 1 aromatic heterocycles. The van der Waals surface area contributed by atoms with Crippen LogP contribution >= 0.6 is 11.3 Å². The lowest BCUT2D eigenvalue weighted by Gasteiger charge is -2.09. The van der Waals surface area contributed by atoms with Gasteiger partial charge in [0.25, 0.3) is 0 Å². The summed E-state index contributed by atoms with van der Waals surface area (Å²) < 4.78 is 0. The zero-order chi connectivity index (χ0) is 11.2. The van der Waals surface area contributed by atoms with Gasteiger partial charge in [0.15, 0.2) is 5.78 Å². The summed E-state index contributed by atoms with van der Waals surface area (Å²) in [5, 5.41) is 4.11. The van der Waals surface area contributed by atoms with Crippen molar-refractivity contribution in [2.75, 3.05) is 0 Å². The smallest absolute Gasteiger partial charge is 0.162 e. The van der Waals surface area contributed by atoms with E-state index < -0.39 is 0 Å². The van der Waals surface area contributed by atoms with Crippen molar-refractivity contribution >= 4 is 17.1 Å². The van der Waals surface area contributed by atoms with Gasteiger partial charge in [-0.2, -0.15) is 11.3 Å². The van der Waals surface area contributed by atoms with Gasteiger partial charge in [-0.25, -0.2) is 0 Å². The lowest BCUT2D eigenvalue weighted by Crippen LogP contribution is -2.07. The normalized spacial score (nSPS) is 20.6. The second-order valence-electron chi connectivity index (χ2n) is 4.41. The number of hydrogen-bond acceptors (Lipinski definition) is 2. The van der Waals surface area contributed by atoms with E-state index in [0.717, 1.165) is 24.0 Å². The van der Waals surface area contributed by atoms with Crippen LogP contribution in [-0.4, -0.2) is 5.78 Å². The third-order valence-electron chi connectivity index (χ3n) is 3.09. The van der Waals surface area contributed by atoms with E-state index >= 15 is 0 Å². The predicted octanol–water partition coefficient (Wildman–Crippen LogP) is 4.14. The molecule has 0 saturated heterocycles. The summed E-state index contributed by atoms with van der Waals surface area (Å²) in [7, 11) is 0. The molecule has 0 radical (unpaired) electrons. The Labute approximate surface area is 101 Å². The van der Waals surface area contributed by atoms with Crippen LogP contribution < -0.4 is 0 Å². The molecule has 1 aliphatic carbocycles. The maximum absolute atomic E-state index is 12.1. The highest BCUT2D eigenvalue weighted by Crippen LogP contribution is 2.19. The van der Waals surface area contributed by atoms with Crippen LogP contribution in [-0.2, 0) is 11.2 Å². The molecule has 1 heterocycles. The Morgan fingerprint density at radius 2 is 2.12 bits per heavy atom. The molecule has 0 aliphatic heterocycles. The van der Waals surface area contributed by atoms with Crippen LogP contribution in [0.25, 0.3) is 0 Å². The summed E-state index contributed by atoms with van der Waals surface area (Å²) >= 11 is 1.66. The van der Waals surface area contributed by atoms with Gasteiger partial charge in [-0.1, -0.05) is 18.9 Å². The average Bonchev–Trinajstić information content (AvgIpc) is 2.69. The topological polar surface area (TPSA) is 17.1 Å². The number of carbonyl (C=O) groups excluding carboxylic acids is 1. The molecule has 0 fully saturated rings. The lowest BCUT2D eigenvalue weighted by atomic mass is 9.95. The molecule has 2 rings (SSSR count). The Hall–Kier alpha value is -0.890. The number of Topliss-reactive ketones (excluding diaryl/α,β-unsaturated/α-hetero) is 1. The van der Waals surface area contributed by atoms with Gasteiger partial charge in [-0.15, -0.1) is 0 Å². The molecule has 0 saturated carbocycles. The van der Waals surface area contributed by atoms with E-state index in [1.807, 2.05) is 11.4 Å². The molecule has 86 valence electrons. The maximum atomic E-state index is 12.1. The Kier molecular flexibility index (Phi) is 4.34. The quantitative estimate of drug-likeness (QED) is 0.768. The van der Waals surface area contributed by atoms with Crippen molar-refractivity contribution in [3.8, 4) is 0 Å². The first kappa shape index (κ1) is 11.6. The zero-order valence-corrected chi connectivity index (χ0v) is 10.4. The summed E-state index contributed by atoms with van der Waals surface area (Å²) in [6.07, 6.45) is 9.87. The van der Waals surface area contributed by atoms with E-state index in [4.69, 9.17) is 0 Å². The third kappa shape index (κ3) is 3.31. The summed E-state index contributed by atoms with van der Waals surface area (Å²) in [5.74, 6) is 0.334. The Morgan fingerprint density at radius 3 is 2.94 bits per heavy atom. The summed E-state index contributed by atoms with van der Waals surface area (Å²) in [5.41, 5.74) is 2.24.